The number of carboxylic acids is 1. The number of fused-ring (bicyclic) bond motifs is 1. The van der Waals surface area contributed by atoms with E-state index in [4.69, 9.17) is 0 Å². The minimum absolute atomic E-state index is 0.0572. The molecule has 18 heavy (non-hydrogen) atoms. The van der Waals surface area contributed by atoms with E-state index in [0.717, 1.165) is 16.5 Å². The van der Waals surface area contributed by atoms with Crippen LogP contribution in [0.5, 0.6) is 0 Å². The number of hydrogen-bond donors (Lipinski definition) is 1. The van der Waals surface area contributed by atoms with Crippen molar-refractivity contribution >= 4 is 22.7 Å². The van der Waals surface area contributed by atoms with Crippen LogP contribution in [0.2, 0.25) is 0 Å². The minimum Gasteiger partial charge on any atom is -0.477 e. The zero-order chi connectivity index (χ0) is 13.3. The van der Waals surface area contributed by atoms with Crippen LogP contribution in [0, 0.1) is 6.92 Å². The number of aromatic nitrogens is 1. The summed E-state index contributed by atoms with van der Waals surface area (Å²) in [5.74, 6) is -0.907. The molecule has 1 aromatic heterocycles. The maximum absolute atomic E-state index is 11.2. The Bertz CT molecular complexity index is 625. The summed E-state index contributed by atoms with van der Waals surface area (Å²) >= 11 is 0. The molecule has 1 N–H and O–H groups in total. The van der Waals surface area contributed by atoms with Crippen molar-refractivity contribution in [3.05, 3.63) is 35.5 Å². The molecule has 0 aliphatic carbocycles. The van der Waals surface area contributed by atoms with Crippen LogP contribution in [0.4, 0.5) is 0 Å². The summed E-state index contributed by atoms with van der Waals surface area (Å²) in [4.78, 5) is 22.3. The number of aryl methyl sites for hydroxylation is 2. The Balaban J connectivity index is 2.61. The predicted molar refractivity (Wildman–Crippen MR) is 68.9 cm³/mol. The molecule has 0 amide bonds. The van der Waals surface area contributed by atoms with Gasteiger partial charge in [0.05, 0.1) is 5.52 Å². The molecule has 1 heterocycles. The van der Waals surface area contributed by atoms with Gasteiger partial charge in [-0.15, -0.1) is 0 Å². The van der Waals surface area contributed by atoms with E-state index in [2.05, 4.69) is 0 Å². The summed E-state index contributed by atoms with van der Waals surface area (Å²) in [5.41, 5.74) is 2.15. The zero-order valence-corrected chi connectivity index (χ0v) is 10.4. The molecule has 0 bridgehead atoms. The molecule has 2 aromatic rings. The fourth-order valence-corrected chi connectivity index (χ4v) is 2.19. The van der Waals surface area contributed by atoms with Gasteiger partial charge in [-0.05, 0) is 25.5 Å². The summed E-state index contributed by atoms with van der Waals surface area (Å²) in [7, 11) is 0. The molecule has 4 heteroatoms. The summed E-state index contributed by atoms with van der Waals surface area (Å²) in [5, 5.41) is 10.1. The number of carbonyl (C=O) groups excluding carboxylic acids is 1. The second-order valence-electron chi connectivity index (χ2n) is 4.45. The van der Waals surface area contributed by atoms with Gasteiger partial charge in [0.15, 0.2) is 0 Å². The Labute approximate surface area is 105 Å². The van der Waals surface area contributed by atoms with Gasteiger partial charge < -0.3 is 9.67 Å². The maximum Gasteiger partial charge on any atom is 0.352 e. The molecular weight excluding hydrogens is 230 g/mol. The number of carbonyl (C=O) groups is 2. The van der Waals surface area contributed by atoms with E-state index < -0.39 is 5.97 Å². The second kappa shape index (κ2) is 4.64. The van der Waals surface area contributed by atoms with Crippen LogP contribution in [-0.4, -0.2) is 21.4 Å². The summed E-state index contributed by atoms with van der Waals surface area (Å²) in [6, 6.07) is 7.39. The number of aromatic carboxylic acids is 1. The Morgan fingerprint density at radius 2 is 2.06 bits per heavy atom. The first-order valence-electron chi connectivity index (χ1n) is 5.82. The molecule has 0 atom stereocenters. The average molecular weight is 245 g/mol. The van der Waals surface area contributed by atoms with Gasteiger partial charge in [-0.25, -0.2) is 4.79 Å². The molecule has 4 nitrogen and oxygen atoms in total. The van der Waals surface area contributed by atoms with E-state index in [-0.39, 0.29) is 11.5 Å². The summed E-state index contributed by atoms with van der Waals surface area (Å²) in [6.45, 7) is 3.86. The van der Waals surface area contributed by atoms with E-state index in [9.17, 15) is 14.7 Å². The predicted octanol–water partition coefficient (Wildman–Crippen LogP) is 2.63. The van der Waals surface area contributed by atoms with Gasteiger partial charge in [-0.2, -0.15) is 0 Å². The molecule has 0 spiro atoms. The Morgan fingerprint density at radius 1 is 1.33 bits per heavy atom. The lowest BCUT2D eigenvalue weighted by atomic mass is 10.1. The number of ketones is 1. The minimum atomic E-state index is -0.964. The Kier molecular flexibility index (Phi) is 3.19. The van der Waals surface area contributed by atoms with Crippen LogP contribution in [0.3, 0.4) is 0 Å². The number of rotatable bonds is 4. The van der Waals surface area contributed by atoms with E-state index in [1.165, 1.54) is 6.92 Å². The molecule has 94 valence electrons. The molecular formula is C14H15NO3. The normalized spacial score (nSPS) is 10.8. The van der Waals surface area contributed by atoms with Crippen molar-refractivity contribution in [2.24, 2.45) is 0 Å². The summed E-state index contributed by atoms with van der Waals surface area (Å²) < 4.78 is 1.72. The highest BCUT2D eigenvalue weighted by Crippen LogP contribution is 2.23. The van der Waals surface area contributed by atoms with Crippen LogP contribution in [-0.2, 0) is 11.3 Å². The first kappa shape index (κ1) is 12.4. The lowest BCUT2D eigenvalue weighted by molar-refractivity contribution is -0.117. The van der Waals surface area contributed by atoms with Crippen LogP contribution < -0.4 is 0 Å². The number of carboxylic acid groups (broad SMARTS) is 1. The number of para-hydroxylation sites is 1. The van der Waals surface area contributed by atoms with Crippen LogP contribution in [0.1, 0.15) is 29.4 Å². The van der Waals surface area contributed by atoms with Crippen LogP contribution in [0.15, 0.2) is 24.3 Å². The zero-order valence-electron chi connectivity index (χ0n) is 10.4. The molecule has 0 fully saturated rings. The molecule has 0 aliphatic rings. The number of Topliss-reactive ketones (excluding diaryl/α,β-unsaturated/α-hetero) is 1. The molecule has 0 saturated carbocycles. The van der Waals surface area contributed by atoms with E-state index in [1.807, 2.05) is 25.1 Å². The molecule has 0 aliphatic heterocycles. The van der Waals surface area contributed by atoms with Crippen molar-refractivity contribution in [2.75, 3.05) is 0 Å². The highest BCUT2D eigenvalue weighted by Gasteiger charge is 2.15. The van der Waals surface area contributed by atoms with Gasteiger partial charge >= 0.3 is 5.97 Å². The lowest BCUT2D eigenvalue weighted by Crippen LogP contribution is -2.10. The first-order valence-corrected chi connectivity index (χ1v) is 5.82. The van der Waals surface area contributed by atoms with Gasteiger partial charge in [0.25, 0.3) is 0 Å². The number of hydrogen-bond acceptors (Lipinski definition) is 2. The molecule has 0 saturated heterocycles. The molecule has 1 aromatic carbocycles. The highest BCUT2D eigenvalue weighted by atomic mass is 16.4. The van der Waals surface area contributed by atoms with Gasteiger partial charge in [0.1, 0.15) is 11.5 Å². The molecule has 0 radical (unpaired) electrons. The van der Waals surface area contributed by atoms with Crippen molar-refractivity contribution in [2.45, 2.75) is 26.8 Å². The van der Waals surface area contributed by atoms with Gasteiger partial charge in [0.2, 0.25) is 0 Å². The van der Waals surface area contributed by atoms with Gasteiger partial charge in [0, 0.05) is 18.4 Å². The van der Waals surface area contributed by atoms with Crippen molar-refractivity contribution in [1.82, 2.24) is 4.57 Å². The monoisotopic (exact) mass is 245 g/mol. The topological polar surface area (TPSA) is 59.3 Å². The Morgan fingerprint density at radius 3 is 2.67 bits per heavy atom. The average Bonchev–Trinajstić information content (AvgIpc) is 2.66. The van der Waals surface area contributed by atoms with E-state index in [1.54, 1.807) is 10.6 Å². The fourth-order valence-electron chi connectivity index (χ4n) is 2.19. The number of benzene rings is 1. The van der Waals surface area contributed by atoms with Crippen molar-refractivity contribution in [3.63, 3.8) is 0 Å². The smallest absolute Gasteiger partial charge is 0.352 e. The summed E-state index contributed by atoms with van der Waals surface area (Å²) in [6.07, 6.45) is 0.346. The highest BCUT2D eigenvalue weighted by molar-refractivity contribution is 5.95. The molecule has 2 rings (SSSR count). The third-order valence-electron chi connectivity index (χ3n) is 3.03. The van der Waals surface area contributed by atoms with E-state index >= 15 is 0 Å². The lowest BCUT2D eigenvalue weighted by Gasteiger charge is -2.08. The fraction of sp³-hybridized carbons (Fsp3) is 0.286. The standard InChI is InChI=1S/C14H15NO3/c1-9-4-3-5-11-8-12(14(17)18)15(13(9)11)7-6-10(2)16/h3-5,8H,6-7H2,1-2H3,(H,17,18). The third kappa shape index (κ3) is 2.14. The van der Waals surface area contributed by atoms with Crippen molar-refractivity contribution in [3.8, 4) is 0 Å². The quantitative estimate of drug-likeness (QED) is 0.900. The largest absolute Gasteiger partial charge is 0.477 e. The van der Waals surface area contributed by atoms with E-state index in [0.29, 0.717) is 13.0 Å². The SMILES string of the molecule is CC(=O)CCn1c(C(=O)O)cc2cccc(C)c21. The van der Waals surface area contributed by atoms with Crippen molar-refractivity contribution in [1.29, 1.82) is 0 Å². The van der Waals surface area contributed by atoms with Gasteiger partial charge in [-0.3, -0.25) is 4.79 Å². The van der Waals surface area contributed by atoms with Gasteiger partial charge in [-0.1, -0.05) is 18.2 Å². The maximum atomic E-state index is 11.2. The third-order valence-corrected chi connectivity index (χ3v) is 3.03. The second-order valence-corrected chi connectivity index (χ2v) is 4.45. The number of nitrogens with zero attached hydrogens (tertiary/aromatic N) is 1. The van der Waals surface area contributed by atoms with Crippen LogP contribution in [0.25, 0.3) is 10.9 Å². The Hall–Kier alpha value is -2.10. The van der Waals surface area contributed by atoms with Crippen molar-refractivity contribution < 1.29 is 14.7 Å². The van der Waals surface area contributed by atoms with Crippen LogP contribution >= 0.6 is 0 Å². The molecule has 0 unspecified atom stereocenters. The first-order chi connectivity index (χ1) is 8.50.